The second kappa shape index (κ2) is 4.49. The molecule has 1 unspecified atom stereocenters. The Morgan fingerprint density at radius 3 is 2.67 bits per heavy atom. The standard InChI is InChI=1S/C12H11ClO2/c13-11(9-4-2-1-3-5-9)12(14)10-6-7-15-8-10/h1-5,8,11H,6-7H2. The summed E-state index contributed by atoms with van der Waals surface area (Å²) in [6.45, 7) is 0.583. The molecular weight excluding hydrogens is 212 g/mol. The van der Waals surface area contributed by atoms with Gasteiger partial charge in [0.05, 0.1) is 12.9 Å². The van der Waals surface area contributed by atoms with E-state index < -0.39 is 5.38 Å². The van der Waals surface area contributed by atoms with Crippen LogP contribution in [0.1, 0.15) is 17.4 Å². The number of alkyl halides is 1. The molecule has 2 nitrogen and oxygen atoms in total. The highest BCUT2D eigenvalue weighted by atomic mass is 35.5. The van der Waals surface area contributed by atoms with Gasteiger partial charge in [0.25, 0.3) is 0 Å². The molecule has 1 aromatic rings. The lowest BCUT2D eigenvalue weighted by Crippen LogP contribution is -2.08. The van der Waals surface area contributed by atoms with Crippen LogP contribution in [0.5, 0.6) is 0 Å². The van der Waals surface area contributed by atoms with Crippen LogP contribution in [-0.4, -0.2) is 12.4 Å². The van der Waals surface area contributed by atoms with Gasteiger partial charge in [0, 0.05) is 12.0 Å². The summed E-state index contributed by atoms with van der Waals surface area (Å²) in [5, 5.41) is -0.598. The number of benzene rings is 1. The quantitative estimate of drug-likeness (QED) is 0.736. The van der Waals surface area contributed by atoms with Crippen LogP contribution in [0.25, 0.3) is 0 Å². The van der Waals surface area contributed by atoms with E-state index in [1.54, 1.807) is 0 Å². The lowest BCUT2D eigenvalue weighted by atomic mass is 10.0. The van der Waals surface area contributed by atoms with E-state index in [1.807, 2.05) is 30.3 Å². The van der Waals surface area contributed by atoms with Gasteiger partial charge >= 0.3 is 0 Å². The summed E-state index contributed by atoms with van der Waals surface area (Å²) in [5.74, 6) is -0.0552. The molecule has 0 amide bonds. The summed E-state index contributed by atoms with van der Waals surface area (Å²) < 4.78 is 5.02. The molecule has 15 heavy (non-hydrogen) atoms. The van der Waals surface area contributed by atoms with Gasteiger partial charge in [-0.05, 0) is 5.56 Å². The van der Waals surface area contributed by atoms with Gasteiger partial charge in [-0.3, -0.25) is 4.79 Å². The molecule has 0 aromatic heterocycles. The maximum atomic E-state index is 11.9. The van der Waals surface area contributed by atoms with E-state index in [9.17, 15) is 4.79 Å². The molecule has 0 saturated heterocycles. The third-order valence-corrected chi connectivity index (χ3v) is 2.80. The molecule has 1 aliphatic rings. The number of carbonyl (C=O) groups excluding carboxylic acids is 1. The van der Waals surface area contributed by atoms with Crippen molar-refractivity contribution in [3.63, 3.8) is 0 Å². The van der Waals surface area contributed by atoms with Gasteiger partial charge in [-0.25, -0.2) is 0 Å². The summed E-state index contributed by atoms with van der Waals surface area (Å²) in [7, 11) is 0. The van der Waals surface area contributed by atoms with Crippen LogP contribution in [0.4, 0.5) is 0 Å². The Hall–Kier alpha value is -1.28. The summed E-state index contributed by atoms with van der Waals surface area (Å²) in [4.78, 5) is 11.9. The molecule has 78 valence electrons. The van der Waals surface area contributed by atoms with Crippen LogP contribution in [-0.2, 0) is 9.53 Å². The molecule has 1 heterocycles. The number of halogens is 1. The van der Waals surface area contributed by atoms with Crippen molar-refractivity contribution in [2.24, 2.45) is 0 Å². The first-order chi connectivity index (χ1) is 7.29. The molecule has 1 aromatic carbocycles. The van der Waals surface area contributed by atoms with Gasteiger partial charge in [-0.15, -0.1) is 11.6 Å². The predicted octanol–water partition coefficient (Wildman–Crippen LogP) is 2.84. The molecule has 1 aliphatic heterocycles. The highest BCUT2D eigenvalue weighted by Crippen LogP contribution is 2.27. The maximum absolute atomic E-state index is 11.9. The van der Waals surface area contributed by atoms with Crippen LogP contribution >= 0.6 is 11.6 Å². The number of hydrogen-bond donors (Lipinski definition) is 0. The van der Waals surface area contributed by atoms with Crippen LogP contribution in [0.2, 0.25) is 0 Å². The zero-order valence-corrected chi connectivity index (χ0v) is 8.91. The van der Waals surface area contributed by atoms with Gasteiger partial charge in [0.15, 0.2) is 5.78 Å². The lowest BCUT2D eigenvalue weighted by Gasteiger charge is -2.07. The number of carbonyl (C=O) groups is 1. The van der Waals surface area contributed by atoms with Gasteiger partial charge in [-0.2, -0.15) is 0 Å². The average molecular weight is 223 g/mol. The van der Waals surface area contributed by atoms with Crippen LogP contribution in [0.15, 0.2) is 42.2 Å². The third kappa shape index (κ3) is 2.21. The second-order valence-corrected chi connectivity index (χ2v) is 3.84. The summed E-state index contributed by atoms with van der Waals surface area (Å²) >= 11 is 6.09. The first-order valence-corrected chi connectivity index (χ1v) is 5.26. The molecule has 0 fully saturated rings. The number of ketones is 1. The molecule has 1 atom stereocenters. The van der Waals surface area contributed by atoms with Crippen LogP contribution < -0.4 is 0 Å². The van der Waals surface area contributed by atoms with Crippen molar-refractivity contribution in [3.05, 3.63) is 47.7 Å². The van der Waals surface area contributed by atoms with Gasteiger partial charge in [-0.1, -0.05) is 30.3 Å². The Labute approximate surface area is 93.5 Å². The van der Waals surface area contributed by atoms with Crippen molar-refractivity contribution in [3.8, 4) is 0 Å². The fourth-order valence-electron chi connectivity index (χ4n) is 1.50. The third-order valence-electron chi connectivity index (χ3n) is 2.35. The van der Waals surface area contributed by atoms with E-state index in [2.05, 4.69) is 0 Å². The molecular formula is C12H11ClO2. The summed E-state index contributed by atoms with van der Waals surface area (Å²) in [6.07, 6.45) is 2.18. The minimum absolute atomic E-state index is 0.0552. The molecule has 0 aliphatic carbocycles. The summed E-state index contributed by atoms with van der Waals surface area (Å²) in [5.41, 5.74) is 1.51. The number of ether oxygens (including phenoxy) is 1. The van der Waals surface area contributed by atoms with Crippen molar-refractivity contribution >= 4 is 17.4 Å². The van der Waals surface area contributed by atoms with E-state index in [0.29, 0.717) is 18.6 Å². The van der Waals surface area contributed by atoms with Crippen LogP contribution in [0, 0.1) is 0 Å². The second-order valence-electron chi connectivity index (χ2n) is 3.40. The van der Waals surface area contributed by atoms with E-state index >= 15 is 0 Å². The molecule has 0 saturated carbocycles. The minimum atomic E-state index is -0.598. The number of hydrogen-bond acceptors (Lipinski definition) is 2. The number of rotatable bonds is 3. The van der Waals surface area contributed by atoms with Gasteiger partial charge < -0.3 is 4.74 Å². The van der Waals surface area contributed by atoms with Gasteiger partial charge in [0.2, 0.25) is 0 Å². The van der Waals surface area contributed by atoms with Crippen molar-refractivity contribution in [2.75, 3.05) is 6.61 Å². The molecule has 0 N–H and O–H groups in total. The van der Waals surface area contributed by atoms with Gasteiger partial charge in [0.1, 0.15) is 5.38 Å². The zero-order valence-electron chi connectivity index (χ0n) is 8.15. The Kier molecular flexibility index (Phi) is 3.07. The van der Waals surface area contributed by atoms with E-state index in [1.165, 1.54) is 6.26 Å². The SMILES string of the molecule is O=C(C1=COCC1)C(Cl)c1ccccc1. The Morgan fingerprint density at radius 2 is 2.07 bits per heavy atom. The predicted molar refractivity (Wildman–Crippen MR) is 58.7 cm³/mol. The average Bonchev–Trinajstić information content (AvgIpc) is 2.82. The highest BCUT2D eigenvalue weighted by molar-refractivity contribution is 6.33. The molecule has 2 rings (SSSR count). The van der Waals surface area contributed by atoms with E-state index in [0.717, 1.165) is 5.56 Å². The fraction of sp³-hybridized carbons (Fsp3) is 0.250. The van der Waals surface area contributed by atoms with Crippen LogP contribution in [0.3, 0.4) is 0 Å². The Bertz CT molecular complexity index is 384. The molecule has 0 spiro atoms. The fourth-order valence-corrected chi connectivity index (χ4v) is 1.79. The summed E-state index contributed by atoms with van der Waals surface area (Å²) in [6, 6.07) is 9.35. The van der Waals surface area contributed by atoms with Crippen molar-refractivity contribution in [2.45, 2.75) is 11.8 Å². The monoisotopic (exact) mass is 222 g/mol. The van der Waals surface area contributed by atoms with E-state index in [-0.39, 0.29) is 5.78 Å². The zero-order chi connectivity index (χ0) is 10.7. The van der Waals surface area contributed by atoms with Crippen molar-refractivity contribution in [1.29, 1.82) is 0 Å². The van der Waals surface area contributed by atoms with Crippen molar-refractivity contribution in [1.82, 2.24) is 0 Å². The normalized spacial score (nSPS) is 16.7. The first-order valence-electron chi connectivity index (χ1n) is 4.83. The molecule has 0 radical (unpaired) electrons. The topological polar surface area (TPSA) is 26.3 Å². The Balaban J connectivity index is 2.14. The number of Topliss-reactive ketones (excluding diaryl/α,β-unsaturated/α-hetero) is 1. The smallest absolute Gasteiger partial charge is 0.184 e. The lowest BCUT2D eigenvalue weighted by molar-refractivity contribution is -0.115. The molecule has 3 heteroatoms. The maximum Gasteiger partial charge on any atom is 0.184 e. The first kappa shape index (κ1) is 10.2. The van der Waals surface area contributed by atoms with Crippen molar-refractivity contribution < 1.29 is 9.53 Å². The van der Waals surface area contributed by atoms with E-state index in [4.69, 9.17) is 16.3 Å². The molecule has 0 bridgehead atoms. The minimum Gasteiger partial charge on any atom is -0.500 e. The highest BCUT2D eigenvalue weighted by Gasteiger charge is 2.23. The Morgan fingerprint density at radius 1 is 1.33 bits per heavy atom. The largest absolute Gasteiger partial charge is 0.500 e.